The van der Waals surface area contributed by atoms with Gasteiger partial charge in [0, 0.05) is 11.3 Å². The third kappa shape index (κ3) is 4.83. The number of nitrogens with two attached hydrogens (primary N) is 1. The largest absolute Gasteiger partial charge is 0.471 e. The Bertz CT molecular complexity index is 1210. The Balaban J connectivity index is 1.91. The minimum absolute atomic E-state index is 0.0406. The quantitative estimate of drug-likeness (QED) is 0.628. The predicted octanol–water partition coefficient (Wildman–Crippen LogP) is 2.89. The first-order valence-electron chi connectivity index (χ1n) is 8.37. The van der Waals surface area contributed by atoms with Crippen molar-refractivity contribution in [2.24, 2.45) is 5.14 Å². The summed E-state index contributed by atoms with van der Waals surface area (Å²) in [6.07, 6.45) is -4.85. The molecule has 158 valence electrons. The Morgan fingerprint density at radius 1 is 1.20 bits per heavy atom. The van der Waals surface area contributed by atoms with E-state index in [0.717, 1.165) is 23.3 Å². The minimum Gasteiger partial charge on any atom is -0.329 e. The first-order valence-corrected chi connectivity index (χ1v) is 9.92. The predicted molar refractivity (Wildman–Crippen MR) is 99.6 cm³/mol. The zero-order chi connectivity index (χ0) is 22.1. The first-order chi connectivity index (χ1) is 13.9. The van der Waals surface area contributed by atoms with Gasteiger partial charge in [-0.2, -0.15) is 18.2 Å². The summed E-state index contributed by atoms with van der Waals surface area (Å²) in [4.78, 5) is 14.9. The highest BCUT2D eigenvalue weighted by atomic mass is 32.2. The van der Waals surface area contributed by atoms with Gasteiger partial charge in [-0.1, -0.05) is 29.4 Å². The lowest BCUT2D eigenvalue weighted by Gasteiger charge is -2.10. The van der Waals surface area contributed by atoms with Gasteiger partial charge in [-0.15, -0.1) is 0 Å². The van der Waals surface area contributed by atoms with Gasteiger partial charge in [0.1, 0.15) is 0 Å². The van der Waals surface area contributed by atoms with E-state index >= 15 is 0 Å². The van der Waals surface area contributed by atoms with E-state index in [1.807, 2.05) is 19.1 Å². The number of halogens is 3. The molecule has 3 aromatic rings. The number of amides is 1. The molecule has 1 aromatic heterocycles. The molecule has 30 heavy (non-hydrogen) atoms. The van der Waals surface area contributed by atoms with Gasteiger partial charge >= 0.3 is 12.1 Å². The molecule has 0 fully saturated rings. The Labute approximate surface area is 168 Å². The van der Waals surface area contributed by atoms with Crippen molar-refractivity contribution in [1.82, 2.24) is 10.1 Å². The second kappa shape index (κ2) is 7.88. The average Bonchev–Trinajstić information content (AvgIpc) is 3.13. The van der Waals surface area contributed by atoms with E-state index in [-0.39, 0.29) is 17.7 Å². The average molecular weight is 440 g/mol. The number of carbonyl (C=O) groups excluding carboxylic acids is 1. The summed E-state index contributed by atoms with van der Waals surface area (Å²) in [6.45, 7) is 1.84. The number of hydrogen-bond acceptors (Lipinski definition) is 6. The Kier molecular flexibility index (Phi) is 5.63. The number of benzene rings is 2. The molecular weight excluding hydrogens is 425 g/mol. The van der Waals surface area contributed by atoms with E-state index in [2.05, 4.69) is 20.0 Å². The molecule has 3 N–H and O–H groups in total. The van der Waals surface area contributed by atoms with Crippen molar-refractivity contribution in [2.45, 2.75) is 24.4 Å². The molecule has 0 aliphatic rings. The molecule has 0 radical (unpaired) electrons. The van der Waals surface area contributed by atoms with Crippen LogP contribution in [0.1, 0.15) is 17.0 Å². The molecule has 0 saturated carbocycles. The molecular formula is C18H15F3N4O4S. The van der Waals surface area contributed by atoms with E-state index < -0.39 is 38.7 Å². The van der Waals surface area contributed by atoms with Gasteiger partial charge in [0.05, 0.1) is 11.3 Å². The SMILES string of the molecule is Cc1ccccc1CC(=O)Nc1ccc(-c2noc(C(F)(F)F)n2)c(S(N)(=O)=O)c1. The molecule has 1 heterocycles. The minimum atomic E-state index is -4.89. The summed E-state index contributed by atoms with van der Waals surface area (Å²) in [6, 6.07) is 10.7. The molecule has 0 spiro atoms. The number of primary sulfonamides is 1. The summed E-state index contributed by atoms with van der Waals surface area (Å²) < 4.78 is 66.1. The van der Waals surface area contributed by atoms with E-state index in [4.69, 9.17) is 5.14 Å². The lowest BCUT2D eigenvalue weighted by atomic mass is 10.1. The number of sulfonamides is 1. The smallest absolute Gasteiger partial charge is 0.329 e. The fourth-order valence-electron chi connectivity index (χ4n) is 2.65. The van der Waals surface area contributed by atoms with Crippen LogP contribution in [0.15, 0.2) is 51.9 Å². The number of carbonyl (C=O) groups is 1. The molecule has 0 bridgehead atoms. The third-order valence-corrected chi connectivity index (χ3v) is 5.04. The molecule has 2 aromatic carbocycles. The summed E-state index contributed by atoms with van der Waals surface area (Å²) >= 11 is 0. The van der Waals surface area contributed by atoms with Crippen molar-refractivity contribution >= 4 is 21.6 Å². The second-order valence-electron chi connectivity index (χ2n) is 6.33. The van der Waals surface area contributed by atoms with E-state index in [0.29, 0.717) is 0 Å². The summed E-state index contributed by atoms with van der Waals surface area (Å²) in [7, 11) is -4.39. The van der Waals surface area contributed by atoms with Crippen molar-refractivity contribution in [3.8, 4) is 11.4 Å². The van der Waals surface area contributed by atoms with Gasteiger partial charge in [-0.3, -0.25) is 4.79 Å². The molecule has 1 amide bonds. The molecule has 8 nitrogen and oxygen atoms in total. The normalized spacial score (nSPS) is 12.0. The van der Waals surface area contributed by atoms with Crippen molar-refractivity contribution in [3.05, 3.63) is 59.5 Å². The lowest BCUT2D eigenvalue weighted by Crippen LogP contribution is -2.17. The van der Waals surface area contributed by atoms with Crippen molar-refractivity contribution < 1.29 is 30.9 Å². The molecule has 3 rings (SSSR count). The fraction of sp³-hybridized carbons (Fsp3) is 0.167. The topological polar surface area (TPSA) is 128 Å². The van der Waals surface area contributed by atoms with Crippen LogP contribution in [0.25, 0.3) is 11.4 Å². The van der Waals surface area contributed by atoms with Gasteiger partial charge in [-0.05, 0) is 36.2 Å². The van der Waals surface area contributed by atoms with Crippen LogP contribution in [0.2, 0.25) is 0 Å². The van der Waals surface area contributed by atoms with Crippen molar-refractivity contribution in [3.63, 3.8) is 0 Å². The zero-order valence-corrected chi connectivity index (χ0v) is 16.2. The Morgan fingerprint density at radius 2 is 1.90 bits per heavy atom. The Hall–Kier alpha value is -3.25. The van der Waals surface area contributed by atoms with Gasteiger partial charge < -0.3 is 9.84 Å². The number of nitrogens with zero attached hydrogens (tertiary/aromatic N) is 2. The number of anilines is 1. The number of aromatic nitrogens is 2. The second-order valence-corrected chi connectivity index (χ2v) is 7.86. The van der Waals surface area contributed by atoms with Crippen LogP contribution < -0.4 is 10.5 Å². The first kappa shape index (κ1) is 21.5. The fourth-order valence-corrected chi connectivity index (χ4v) is 3.41. The molecule has 0 aliphatic carbocycles. The summed E-state index contributed by atoms with van der Waals surface area (Å²) in [5.74, 6) is -2.66. The number of rotatable bonds is 5. The monoisotopic (exact) mass is 440 g/mol. The van der Waals surface area contributed by atoms with E-state index in [9.17, 15) is 26.4 Å². The third-order valence-electron chi connectivity index (χ3n) is 4.09. The standard InChI is InChI=1S/C18H15F3N4O4S/c1-10-4-2-3-5-11(10)8-15(26)23-12-6-7-13(14(9-12)30(22,27)28)16-24-17(29-25-16)18(19,20)21/h2-7,9H,8H2,1H3,(H,23,26)(H2,22,27,28). The van der Waals surface area contributed by atoms with Crippen LogP contribution in [0.3, 0.4) is 0 Å². The number of alkyl halides is 3. The maximum Gasteiger partial charge on any atom is 0.471 e. The van der Waals surface area contributed by atoms with Gasteiger partial charge in [0.25, 0.3) is 0 Å². The highest BCUT2D eigenvalue weighted by Gasteiger charge is 2.39. The van der Waals surface area contributed by atoms with Crippen molar-refractivity contribution in [2.75, 3.05) is 5.32 Å². The molecule has 12 heteroatoms. The highest BCUT2D eigenvalue weighted by Crippen LogP contribution is 2.32. The number of hydrogen-bond donors (Lipinski definition) is 2. The highest BCUT2D eigenvalue weighted by molar-refractivity contribution is 7.89. The van der Waals surface area contributed by atoms with Crippen LogP contribution in [0, 0.1) is 6.92 Å². The molecule has 0 saturated heterocycles. The number of nitrogens with one attached hydrogen (secondary N) is 1. The van der Waals surface area contributed by atoms with Crippen LogP contribution in [0.5, 0.6) is 0 Å². The van der Waals surface area contributed by atoms with Gasteiger partial charge in [0.15, 0.2) is 0 Å². The Morgan fingerprint density at radius 3 is 2.50 bits per heavy atom. The molecule has 0 aliphatic heterocycles. The van der Waals surface area contributed by atoms with Crippen molar-refractivity contribution in [1.29, 1.82) is 0 Å². The maximum absolute atomic E-state index is 12.7. The summed E-state index contributed by atoms with van der Waals surface area (Å²) in [5.41, 5.74) is 1.48. The van der Waals surface area contributed by atoms with Crippen LogP contribution >= 0.6 is 0 Å². The lowest BCUT2D eigenvalue weighted by molar-refractivity contribution is -0.159. The zero-order valence-electron chi connectivity index (χ0n) is 15.4. The van der Waals surface area contributed by atoms with Crippen LogP contribution in [-0.4, -0.2) is 24.5 Å². The van der Waals surface area contributed by atoms with Gasteiger partial charge in [-0.25, -0.2) is 13.6 Å². The summed E-state index contributed by atoms with van der Waals surface area (Å²) in [5, 5.41) is 10.9. The van der Waals surface area contributed by atoms with E-state index in [1.54, 1.807) is 12.1 Å². The maximum atomic E-state index is 12.7. The van der Waals surface area contributed by atoms with Gasteiger partial charge in [0.2, 0.25) is 21.8 Å². The molecule has 0 atom stereocenters. The van der Waals surface area contributed by atoms with Crippen LogP contribution in [0.4, 0.5) is 18.9 Å². The number of aryl methyl sites for hydroxylation is 1. The molecule has 0 unspecified atom stereocenters. The van der Waals surface area contributed by atoms with E-state index in [1.165, 1.54) is 6.07 Å². The van der Waals surface area contributed by atoms with Crippen LogP contribution in [-0.2, 0) is 27.4 Å².